The molecule has 0 unspecified atom stereocenters. The van der Waals surface area contributed by atoms with Crippen molar-refractivity contribution in [2.45, 2.75) is 13.2 Å². The molecule has 0 saturated carbocycles. The first-order valence-corrected chi connectivity index (χ1v) is 11.4. The third kappa shape index (κ3) is 5.13. The lowest BCUT2D eigenvalue weighted by atomic mass is 10.2. The predicted octanol–water partition coefficient (Wildman–Crippen LogP) is 3.03. The molecule has 5 aromatic rings. The van der Waals surface area contributed by atoms with Gasteiger partial charge in [-0.2, -0.15) is 4.98 Å². The molecule has 0 atom stereocenters. The van der Waals surface area contributed by atoms with E-state index in [2.05, 4.69) is 25.8 Å². The highest BCUT2D eigenvalue weighted by Gasteiger charge is 2.14. The summed E-state index contributed by atoms with van der Waals surface area (Å²) >= 11 is 7.09. The van der Waals surface area contributed by atoms with Crippen molar-refractivity contribution in [3.05, 3.63) is 98.4 Å². The summed E-state index contributed by atoms with van der Waals surface area (Å²) in [4.78, 5) is 29.0. The van der Waals surface area contributed by atoms with E-state index in [9.17, 15) is 9.59 Å². The maximum atomic E-state index is 12.3. The number of benzene rings is 1. The molecule has 0 bridgehead atoms. The Morgan fingerprint density at radius 1 is 1.20 bits per heavy atom. The van der Waals surface area contributed by atoms with Gasteiger partial charge in [-0.25, -0.2) is 4.68 Å². The Labute approximate surface area is 206 Å². The van der Waals surface area contributed by atoms with Crippen LogP contribution in [-0.2, 0) is 13.2 Å². The van der Waals surface area contributed by atoms with Gasteiger partial charge in [-0.15, -0.1) is 16.4 Å². The van der Waals surface area contributed by atoms with Crippen LogP contribution in [-0.4, -0.2) is 35.6 Å². The van der Waals surface area contributed by atoms with Gasteiger partial charge in [0.25, 0.3) is 11.5 Å². The molecule has 0 fully saturated rings. The molecule has 1 aromatic carbocycles. The smallest absolute Gasteiger partial charge is 0.261 e. The molecule has 1 N–H and O–H groups in total. The largest absolute Gasteiger partial charge is 0.483 e. The van der Waals surface area contributed by atoms with Gasteiger partial charge in [0.1, 0.15) is 17.1 Å². The molecule has 0 aliphatic carbocycles. The quantitative estimate of drug-likeness (QED) is 0.338. The number of thiophene rings is 1. The molecular weight excluding hydrogens is 494 g/mol. The zero-order valence-electron chi connectivity index (χ0n) is 17.9. The Morgan fingerprint density at radius 2 is 2.11 bits per heavy atom. The number of hydrogen-bond donors (Lipinski definition) is 1. The van der Waals surface area contributed by atoms with Crippen LogP contribution in [0.15, 0.2) is 76.6 Å². The number of rotatable bonds is 8. The normalized spacial score (nSPS) is 10.9. The van der Waals surface area contributed by atoms with Gasteiger partial charge in [-0.05, 0) is 30.3 Å². The number of halogens is 1. The number of pyridine rings is 1. The van der Waals surface area contributed by atoms with Gasteiger partial charge < -0.3 is 14.6 Å². The average molecular weight is 510 g/mol. The molecule has 4 heterocycles. The topological polar surface area (TPSA) is 130 Å². The van der Waals surface area contributed by atoms with Crippen LogP contribution in [0.4, 0.5) is 0 Å². The van der Waals surface area contributed by atoms with Crippen LogP contribution in [0.2, 0.25) is 4.34 Å². The highest BCUT2D eigenvalue weighted by molar-refractivity contribution is 7.17. The lowest BCUT2D eigenvalue weighted by Crippen LogP contribution is -2.21. The standard InChI is InChI=1S/C22H16ClN7O4S/c23-19-7-6-18(35-19)22(32)24-10-14-11-30(28-26-14)16-5-4-15(29-8-2-1-3-21(29)31)9-17(16)33-12-20-25-13-34-27-20/h1-9,11,13H,10,12H2,(H,24,32). The first-order chi connectivity index (χ1) is 17.1. The summed E-state index contributed by atoms with van der Waals surface area (Å²) in [6, 6.07) is 13.5. The van der Waals surface area contributed by atoms with Crippen LogP contribution in [0.5, 0.6) is 5.75 Å². The Morgan fingerprint density at radius 3 is 2.89 bits per heavy atom. The molecule has 4 aromatic heterocycles. The van der Waals surface area contributed by atoms with E-state index >= 15 is 0 Å². The molecule has 0 aliphatic rings. The van der Waals surface area contributed by atoms with Gasteiger partial charge >= 0.3 is 0 Å². The molecule has 0 spiro atoms. The minimum Gasteiger partial charge on any atom is -0.483 e. The van der Waals surface area contributed by atoms with Gasteiger partial charge in [-0.3, -0.25) is 14.2 Å². The Bertz CT molecular complexity index is 1530. The lowest BCUT2D eigenvalue weighted by Gasteiger charge is -2.13. The lowest BCUT2D eigenvalue weighted by molar-refractivity contribution is 0.0954. The number of hydrogen-bond acceptors (Lipinski definition) is 9. The van der Waals surface area contributed by atoms with Crippen molar-refractivity contribution < 1.29 is 14.1 Å². The summed E-state index contributed by atoms with van der Waals surface area (Å²) in [5, 5.41) is 14.8. The fourth-order valence-electron chi connectivity index (χ4n) is 3.19. The van der Waals surface area contributed by atoms with E-state index in [0.717, 1.165) is 0 Å². The van der Waals surface area contributed by atoms with E-state index in [4.69, 9.17) is 20.9 Å². The maximum Gasteiger partial charge on any atom is 0.261 e. The Hall–Kier alpha value is -4.29. The van der Waals surface area contributed by atoms with Gasteiger partial charge in [-0.1, -0.05) is 28.0 Å². The molecule has 11 nitrogen and oxygen atoms in total. The average Bonchev–Trinajstić information content (AvgIpc) is 3.64. The molecule has 5 rings (SSSR count). The molecule has 13 heteroatoms. The Balaban J connectivity index is 1.40. The molecule has 0 aliphatic heterocycles. The number of amides is 1. The fourth-order valence-corrected chi connectivity index (χ4v) is 4.15. The van der Waals surface area contributed by atoms with Crippen LogP contribution < -0.4 is 15.6 Å². The number of nitrogens with one attached hydrogen (secondary N) is 1. The van der Waals surface area contributed by atoms with Gasteiger partial charge in [0, 0.05) is 18.3 Å². The summed E-state index contributed by atoms with van der Waals surface area (Å²) in [7, 11) is 0. The third-order valence-electron chi connectivity index (χ3n) is 4.82. The van der Waals surface area contributed by atoms with E-state index in [1.807, 2.05) is 0 Å². The van der Waals surface area contributed by atoms with Crippen LogP contribution >= 0.6 is 22.9 Å². The highest BCUT2D eigenvalue weighted by atomic mass is 35.5. The van der Waals surface area contributed by atoms with Gasteiger partial charge in [0.05, 0.1) is 27.6 Å². The predicted molar refractivity (Wildman–Crippen MR) is 126 cm³/mol. The Kier molecular flexibility index (Phi) is 6.37. The number of carbonyl (C=O) groups is 1. The van der Waals surface area contributed by atoms with Crippen molar-refractivity contribution in [3.63, 3.8) is 0 Å². The minimum absolute atomic E-state index is 0.0393. The minimum atomic E-state index is -0.252. The number of carbonyl (C=O) groups excluding carboxylic acids is 1. The van der Waals surface area contributed by atoms with Crippen LogP contribution in [0.1, 0.15) is 21.2 Å². The van der Waals surface area contributed by atoms with E-state index in [1.54, 1.807) is 54.9 Å². The SMILES string of the molecule is O=C(NCc1cn(-c2ccc(-n3ccccc3=O)cc2OCc2ncon2)nn1)c1ccc(Cl)s1. The molecule has 35 heavy (non-hydrogen) atoms. The molecule has 0 saturated heterocycles. The second-order valence-corrected chi connectivity index (χ2v) is 8.85. The van der Waals surface area contributed by atoms with E-state index in [0.29, 0.717) is 37.9 Å². The summed E-state index contributed by atoms with van der Waals surface area (Å²) in [5.41, 5.74) is 1.52. The van der Waals surface area contributed by atoms with Crippen molar-refractivity contribution in [2.75, 3.05) is 0 Å². The van der Waals surface area contributed by atoms with Gasteiger partial charge in [0.2, 0.25) is 12.2 Å². The molecule has 176 valence electrons. The second kappa shape index (κ2) is 9.91. The first kappa shape index (κ1) is 22.5. The zero-order chi connectivity index (χ0) is 24.2. The van der Waals surface area contributed by atoms with E-state index in [-0.39, 0.29) is 24.6 Å². The van der Waals surface area contributed by atoms with Gasteiger partial charge in [0.15, 0.2) is 6.61 Å². The third-order valence-corrected chi connectivity index (χ3v) is 6.05. The second-order valence-electron chi connectivity index (χ2n) is 7.14. The van der Waals surface area contributed by atoms with Crippen LogP contribution in [0, 0.1) is 0 Å². The summed E-state index contributed by atoms with van der Waals surface area (Å²) in [6.07, 6.45) is 4.55. The number of nitrogens with zero attached hydrogens (tertiary/aromatic N) is 6. The highest BCUT2D eigenvalue weighted by Crippen LogP contribution is 2.26. The van der Waals surface area contributed by atoms with Crippen molar-refractivity contribution >= 4 is 28.8 Å². The van der Waals surface area contributed by atoms with Crippen molar-refractivity contribution in [2.24, 2.45) is 0 Å². The zero-order valence-corrected chi connectivity index (χ0v) is 19.4. The van der Waals surface area contributed by atoms with Crippen molar-refractivity contribution in [3.8, 4) is 17.1 Å². The molecular formula is C22H16ClN7O4S. The summed E-state index contributed by atoms with van der Waals surface area (Å²) < 4.78 is 14.2. The van der Waals surface area contributed by atoms with Crippen molar-refractivity contribution in [1.82, 2.24) is 35.0 Å². The van der Waals surface area contributed by atoms with E-state index in [1.165, 1.54) is 33.0 Å². The molecule has 0 radical (unpaired) electrons. The van der Waals surface area contributed by atoms with Crippen molar-refractivity contribution in [1.29, 1.82) is 0 Å². The number of ether oxygens (including phenoxy) is 1. The fraction of sp³-hybridized carbons (Fsp3) is 0.0909. The summed E-state index contributed by atoms with van der Waals surface area (Å²) in [6.45, 7) is 0.211. The summed E-state index contributed by atoms with van der Waals surface area (Å²) in [5.74, 6) is 0.518. The maximum absolute atomic E-state index is 12.3. The first-order valence-electron chi connectivity index (χ1n) is 10.2. The van der Waals surface area contributed by atoms with Crippen LogP contribution in [0.3, 0.4) is 0 Å². The van der Waals surface area contributed by atoms with Crippen LogP contribution in [0.25, 0.3) is 11.4 Å². The molecule has 1 amide bonds. The number of aromatic nitrogens is 6. The monoisotopic (exact) mass is 509 g/mol. The van der Waals surface area contributed by atoms with E-state index < -0.39 is 0 Å².